The van der Waals surface area contributed by atoms with E-state index in [-0.39, 0.29) is 17.9 Å². The van der Waals surface area contributed by atoms with Crippen molar-refractivity contribution in [2.24, 2.45) is 5.92 Å². The minimum Gasteiger partial charge on any atom is -0.466 e. The van der Waals surface area contributed by atoms with Crippen LogP contribution in [0.25, 0.3) is 0 Å². The predicted molar refractivity (Wildman–Crippen MR) is 72.6 cm³/mol. The maximum absolute atomic E-state index is 11.9. The molecule has 1 saturated heterocycles. The summed E-state index contributed by atoms with van der Waals surface area (Å²) in [6.07, 6.45) is 0.844. The summed E-state index contributed by atoms with van der Waals surface area (Å²) in [5.41, 5.74) is 1.22. The molecular weight excluding hydrogens is 242 g/mol. The van der Waals surface area contributed by atoms with E-state index in [1.165, 1.54) is 5.56 Å². The van der Waals surface area contributed by atoms with E-state index < -0.39 is 0 Å². The molecule has 2 rings (SSSR count). The van der Waals surface area contributed by atoms with E-state index in [1.54, 1.807) is 0 Å². The van der Waals surface area contributed by atoms with Gasteiger partial charge in [0.15, 0.2) is 0 Å². The van der Waals surface area contributed by atoms with Crippen molar-refractivity contribution in [3.05, 3.63) is 35.9 Å². The van der Waals surface area contributed by atoms with Gasteiger partial charge in [-0.25, -0.2) is 0 Å². The quantitative estimate of drug-likeness (QED) is 0.822. The molecule has 1 aliphatic heterocycles. The second-order valence-electron chi connectivity index (χ2n) is 4.70. The maximum Gasteiger partial charge on any atom is 0.312 e. The van der Waals surface area contributed by atoms with E-state index in [9.17, 15) is 4.79 Å². The highest BCUT2D eigenvalue weighted by Gasteiger charge is 2.32. The number of hydrogen-bond acceptors (Lipinski definition) is 4. The number of carbonyl (C=O) groups excluding carboxylic acids is 1. The van der Waals surface area contributed by atoms with Gasteiger partial charge in [0.05, 0.1) is 19.1 Å². The van der Waals surface area contributed by atoms with Crippen LogP contribution < -0.4 is 5.32 Å². The Morgan fingerprint density at radius 1 is 1.42 bits per heavy atom. The number of hydrogen-bond donors (Lipinski definition) is 1. The Hall–Kier alpha value is -1.39. The second-order valence-corrected chi connectivity index (χ2v) is 4.70. The molecule has 2 atom stereocenters. The standard InChI is InChI=1S/C15H21NO3/c1-2-19-15(17)13-11-18-9-8-14(13)16-10-12-6-4-3-5-7-12/h3-7,13-14,16H,2,8-11H2,1H3/t13-,14-/m0/s1. The van der Waals surface area contributed by atoms with Gasteiger partial charge in [-0.15, -0.1) is 0 Å². The fourth-order valence-electron chi connectivity index (χ4n) is 2.31. The second kappa shape index (κ2) is 7.26. The summed E-state index contributed by atoms with van der Waals surface area (Å²) in [6.45, 7) is 4.16. The first-order valence-corrected chi connectivity index (χ1v) is 6.83. The summed E-state index contributed by atoms with van der Waals surface area (Å²) < 4.78 is 10.5. The Balaban J connectivity index is 1.90. The molecule has 4 nitrogen and oxygen atoms in total. The Labute approximate surface area is 114 Å². The van der Waals surface area contributed by atoms with Gasteiger partial charge < -0.3 is 14.8 Å². The van der Waals surface area contributed by atoms with Crippen molar-refractivity contribution in [2.75, 3.05) is 19.8 Å². The van der Waals surface area contributed by atoms with Gasteiger partial charge in [-0.3, -0.25) is 4.79 Å². The smallest absolute Gasteiger partial charge is 0.312 e. The zero-order valence-electron chi connectivity index (χ0n) is 11.3. The largest absolute Gasteiger partial charge is 0.466 e. The topological polar surface area (TPSA) is 47.6 Å². The summed E-state index contributed by atoms with van der Waals surface area (Å²) in [4.78, 5) is 11.9. The fraction of sp³-hybridized carbons (Fsp3) is 0.533. The molecule has 1 N–H and O–H groups in total. The summed E-state index contributed by atoms with van der Waals surface area (Å²) >= 11 is 0. The third-order valence-electron chi connectivity index (χ3n) is 3.36. The van der Waals surface area contributed by atoms with Crippen LogP contribution >= 0.6 is 0 Å². The van der Waals surface area contributed by atoms with Gasteiger partial charge >= 0.3 is 5.97 Å². The zero-order chi connectivity index (χ0) is 13.5. The molecule has 0 aromatic heterocycles. The molecule has 0 bridgehead atoms. The van der Waals surface area contributed by atoms with Crippen molar-refractivity contribution in [2.45, 2.75) is 25.9 Å². The minimum absolute atomic E-state index is 0.132. The van der Waals surface area contributed by atoms with Crippen LogP contribution in [-0.4, -0.2) is 31.8 Å². The van der Waals surface area contributed by atoms with E-state index in [4.69, 9.17) is 9.47 Å². The van der Waals surface area contributed by atoms with Crippen LogP contribution in [0.5, 0.6) is 0 Å². The summed E-state index contributed by atoms with van der Waals surface area (Å²) in [7, 11) is 0. The van der Waals surface area contributed by atoms with Crippen LogP contribution in [0.4, 0.5) is 0 Å². The lowest BCUT2D eigenvalue weighted by Gasteiger charge is -2.30. The summed E-state index contributed by atoms with van der Waals surface area (Å²) in [5.74, 6) is -0.356. The lowest BCUT2D eigenvalue weighted by molar-refractivity contribution is -0.154. The number of ether oxygens (including phenoxy) is 2. The number of nitrogens with one attached hydrogen (secondary N) is 1. The summed E-state index contributed by atoms with van der Waals surface area (Å²) in [5, 5.41) is 3.45. The van der Waals surface area contributed by atoms with Gasteiger partial charge in [-0.05, 0) is 18.9 Å². The predicted octanol–water partition coefficient (Wildman–Crippen LogP) is 1.74. The Bertz CT molecular complexity index is 394. The van der Waals surface area contributed by atoms with Crippen LogP contribution in [0.15, 0.2) is 30.3 Å². The molecule has 1 aliphatic rings. The molecule has 1 heterocycles. The van der Waals surface area contributed by atoms with Crippen molar-refractivity contribution in [3.8, 4) is 0 Å². The van der Waals surface area contributed by atoms with Crippen molar-refractivity contribution < 1.29 is 14.3 Å². The third-order valence-corrected chi connectivity index (χ3v) is 3.36. The van der Waals surface area contributed by atoms with Crippen LogP contribution in [0, 0.1) is 5.92 Å². The average molecular weight is 263 g/mol. The molecule has 0 spiro atoms. The fourth-order valence-corrected chi connectivity index (χ4v) is 2.31. The summed E-state index contributed by atoms with van der Waals surface area (Å²) in [6, 6.07) is 10.3. The number of carbonyl (C=O) groups is 1. The van der Waals surface area contributed by atoms with E-state index >= 15 is 0 Å². The first-order valence-electron chi connectivity index (χ1n) is 6.83. The monoisotopic (exact) mass is 263 g/mol. The van der Waals surface area contributed by atoms with Crippen molar-refractivity contribution in [1.82, 2.24) is 5.32 Å². The van der Waals surface area contributed by atoms with Gasteiger partial charge in [0.25, 0.3) is 0 Å². The first-order chi connectivity index (χ1) is 9.31. The molecule has 0 amide bonds. The van der Waals surface area contributed by atoms with Gasteiger partial charge in [0, 0.05) is 19.2 Å². The zero-order valence-corrected chi connectivity index (χ0v) is 11.3. The molecule has 0 unspecified atom stereocenters. The molecule has 0 saturated carbocycles. The highest BCUT2D eigenvalue weighted by atomic mass is 16.5. The van der Waals surface area contributed by atoms with Crippen LogP contribution in [-0.2, 0) is 20.8 Å². The Morgan fingerprint density at radius 3 is 2.95 bits per heavy atom. The van der Waals surface area contributed by atoms with Crippen LogP contribution in [0.2, 0.25) is 0 Å². The molecule has 1 fully saturated rings. The molecule has 0 radical (unpaired) electrons. The minimum atomic E-state index is -0.197. The van der Waals surface area contributed by atoms with Crippen molar-refractivity contribution in [3.63, 3.8) is 0 Å². The van der Waals surface area contributed by atoms with E-state index in [0.717, 1.165) is 13.0 Å². The van der Waals surface area contributed by atoms with Crippen LogP contribution in [0.3, 0.4) is 0 Å². The lowest BCUT2D eigenvalue weighted by atomic mass is 9.95. The van der Waals surface area contributed by atoms with Gasteiger partial charge in [0.1, 0.15) is 0 Å². The maximum atomic E-state index is 11.9. The normalized spacial score (nSPS) is 23.0. The number of rotatable bonds is 5. The SMILES string of the molecule is CCOC(=O)[C@H]1COCC[C@@H]1NCc1ccccc1. The highest BCUT2D eigenvalue weighted by molar-refractivity contribution is 5.73. The van der Waals surface area contributed by atoms with Gasteiger partial charge in [0.2, 0.25) is 0 Å². The van der Waals surface area contributed by atoms with Crippen molar-refractivity contribution >= 4 is 5.97 Å². The molecule has 0 aliphatic carbocycles. The van der Waals surface area contributed by atoms with E-state index in [1.807, 2.05) is 25.1 Å². The molecule has 104 valence electrons. The number of benzene rings is 1. The molecule has 19 heavy (non-hydrogen) atoms. The molecule has 4 heteroatoms. The number of esters is 1. The lowest BCUT2D eigenvalue weighted by Crippen LogP contribution is -2.46. The highest BCUT2D eigenvalue weighted by Crippen LogP contribution is 2.17. The Morgan fingerprint density at radius 2 is 2.21 bits per heavy atom. The Kier molecular flexibility index (Phi) is 5.36. The molecular formula is C15H21NO3. The van der Waals surface area contributed by atoms with E-state index in [2.05, 4.69) is 17.4 Å². The van der Waals surface area contributed by atoms with Gasteiger partial charge in [-0.2, -0.15) is 0 Å². The first kappa shape index (κ1) is 14.0. The molecule has 1 aromatic rings. The molecule has 1 aromatic carbocycles. The van der Waals surface area contributed by atoms with E-state index in [0.29, 0.717) is 19.8 Å². The average Bonchev–Trinajstić information content (AvgIpc) is 2.47. The third kappa shape index (κ3) is 4.04. The van der Waals surface area contributed by atoms with Crippen LogP contribution in [0.1, 0.15) is 18.9 Å². The van der Waals surface area contributed by atoms with Gasteiger partial charge in [-0.1, -0.05) is 30.3 Å². The van der Waals surface area contributed by atoms with Crippen molar-refractivity contribution in [1.29, 1.82) is 0 Å².